The summed E-state index contributed by atoms with van der Waals surface area (Å²) in [5.74, 6) is 2.46. The van der Waals surface area contributed by atoms with Crippen LogP contribution in [0.1, 0.15) is 37.2 Å². The highest BCUT2D eigenvalue weighted by Crippen LogP contribution is 2.38. The minimum absolute atomic E-state index is 0.424. The Hall–Kier alpha value is -1.02. The molecular formula is C14H19NO. The molecule has 3 rings (SSSR count). The molecule has 2 heteroatoms. The van der Waals surface area contributed by atoms with Crippen LogP contribution >= 0.6 is 0 Å². The molecule has 0 saturated heterocycles. The van der Waals surface area contributed by atoms with Gasteiger partial charge in [0.25, 0.3) is 0 Å². The van der Waals surface area contributed by atoms with Crippen molar-refractivity contribution in [2.24, 2.45) is 11.7 Å². The number of hydrogen-bond donors (Lipinski definition) is 1. The molecule has 86 valence electrons. The van der Waals surface area contributed by atoms with Gasteiger partial charge in [-0.1, -0.05) is 18.2 Å². The fourth-order valence-corrected chi connectivity index (χ4v) is 2.62. The smallest absolute Gasteiger partial charge is 0.122 e. The van der Waals surface area contributed by atoms with E-state index < -0.39 is 0 Å². The predicted molar refractivity (Wildman–Crippen MR) is 64.6 cm³/mol. The van der Waals surface area contributed by atoms with Gasteiger partial charge in [0.1, 0.15) is 5.75 Å². The zero-order valence-electron chi connectivity index (χ0n) is 9.56. The number of fused-ring (bicyclic) bond motifs is 1. The number of ether oxygens (including phenoxy) is 1. The number of hydrogen-bond acceptors (Lipinski definition) is 2. The average molecular weight is 217 g/mol. The first kappa shape index (κ1) is 10.2. The molecule has 2 aliphatic rings. The van der Waals surface area contributed by atoms with Crippen LogP contribution in [-0.2, 0) is 0 Å². The molecule has 1 saturated carbocycles. The second-order valence-corrected chi connectivity index (χ2v) is 5.12. The molecule has 1 aliphatic carbocycles. The van der Waals surface area contributed by atoms with Crippen molar-refractivity contribution in [3.63, 3.8) is 0 Å². The number of para-hydroxylation sites is 1. The Morgan fingerprint density at radius 3 is 2.94 bits per heavy atom. The van der Waals surface area contributed by atoms with E-state index in [4.69, 9.17) is 10.5 Å². The lowest BCUT2D eigenvalue weighted by molar-refractivity contribution is 0.318. The molecule has 2 atom stereocenters. The summed E-state index contributed by atoms with van der Waals surface area (Å²) in [4.78, 5) is 0. The Bertz CT molecular complexity index is 373. The van der Waals surface area contributed by atoms with Crippen LogP contribution in [0.5, 0.6) is 5.75 Å². The summed E-state index contributed by atoms with van der Waals surface area (Å²) < 4.78 is 5.68. The minimum atomic E-state index is 0.424. The number of benzene rings is 1. The first-order valence-corrected chi connectivity index (χ1v) is 6.32. The van der Waals surface area contributed by atoms with Gasteiger partial charge in [0.2, 0.25) is 0 Å². The summed E-state index contributed by atoms with van der Waals surface area (Å²) >= 11 is 0. The molecule has 0 amide bonds. The molecule has 0 aromatic heterocycles. The zero-order valence-corrected chi connectivity index (χ0v) is 9.56. The van der Waals surface area contributed by atoms with Gasteiger partial charge >= 0.3 is 0 Å². The van der Waals surface area contributed by atoms with Crippen molar-refractivity contribution < 1.29 is 4.74 Å². The molecule has 2 unspecified atom stereocenters. The fourth-order valence-electron chi connectivity index (χ4n) is 2.62. The van der Waals surface area contributed by atoms with E-state index in [9.17, 15) is 0 Å². The highest BCUT2D eigenvalue weighted by Gasteiger charge is 2.30. The van der Waals surface area contributed by atoms with Crippen LogP contribution in [0.15, 0.2) is 24.3 Å². The van der Waals surface area contributed by atoms with Gasteiger partial charge in [0.15, 0.2) is 0 Å². The van der Waals surface area contributed by atoms with Crippen LogP contribution in [0.25, 0.3) is 0 Å². The quantitative estimate of drug-likeness (QED) is 0.841. The van der Waals surface area contributed by atoms with Crippen LogP contribution in [0.4, 0.5) is 0 Å². The number of nitrogens with two attached hydrogens (primary N) is 1. The minimum Gasteiger partial charge on any atom is -0.493 e. The molecule has 1 fully saturated rings. The van der Waals surface area contributed by atoms with Crippen LogP contribution < -0.4 is 10.5 Å². The third kappa shape index (κ3) is 1.94. The molecule has 1 heterocycles. The lowest BCUT2D eigenvalue weighted by Gasteiger charge is -2.13. The van der Waals surface area contributed by atoms with E-state index in [-0.39, 0.29) is 0 Å². The summed E-state index contributed by atoms with van der Waals surface area (Å²) in [6.45, 7) is 0.844. The van der Waals surface area contributed by atoms with Gasteiger partial charge in [-0.15, -0.1) is 0 Å². The molecule has 1 aromatic rings. The van der Waals surface area contributed by atoms with Gasteiger partial charge in [0, 0.05) is 17.5 Å². The van der Waals surface area contributed by atoms with Gasteiger partial charge in [0.05, 0.1) is 6.61 Å². The van der Waals surface area contributed by atoms with Gasteiger partial charge in [-0.05, 0) is 37.7 Å². The molecule has 16 heavy (non-hydrogen) atoms. The maximum atomic E-state index is 6.14. The normalized spacial score (nSPS) is 24.9. The van der Waals surface area contributed by atoms with Crippen molar-refractivity contribution in [1.29, 1.82) is 0 Å². The van der Waals surface area contributed by atoms with Crippen LogP contribution in [-0.4, -0.2) is 12.6 Å². The van der Waals surface area contributed by atoms with Crippen molar-refractivity contribution in [3.05, 3.63) is 29.8 Å². The van der Waals surface area contributed by atoms with E-state index in [1.807, 2.05) is 6.07 Å². The average Bonchev–Trinajstić information content (AvgIpc) is 3.08. The van der Waals surface area contributed by atoms with Gasteiger partial charge in [-0.2, -0.15) is 0 Å². The molecule has 2 nitrogen and oxygen atoms in total. The molecule has 2 N–H and O–H groups in total. The second-order valence-electron chi connectivity index (χ2n) is 5.12. The molecular weight excluding hydrogens is 198 g/mol. The van der Waals surface area contributed by atoms with Crippen molar-refractivity contribution in [2.75, 3.05) is 6.61 Å². The summed E-state index contributed by atoms with van der Waals surface area (Å²) in [5, 5.41) is 0. The molecule has 0 bridgehead atoms. The van der Waals surface area contributed by atoms with E-state index in [2.05, 4.69) is 18.2 Å². The summed E-state index contributed by atoms with van der Waals surface area (Å²) in [6.07, 6.45) is 5.01. The summed E-state index contributed by atoms with van der Waals surface area (Å²) in [6, 6.07) is 8.82. The molecule has 1 aromatic carbocycles. The van der Waals surface area contributed by atoms with Gasteiger partial charge in [-0.3, -0.25) is 0 Å². The Morgan fingerprint density at radius 1 is 1.31 bits per heavy atom. The Labute approximate surface area is 96.8 Å². The van der Waals surface area contributed by atoms with Crippen molar-refractivity contribution in [2.45, 2.75) is 37.6 Å². The summed E-state index contributed by atoms with van der Waals surface area (Å²) in [7, 11) is 0. The van der Waals surface area contributed by atoms with Crippen LogP contribution in [0.2, 0.25) is 0 Å². The van der Waals surface area contributed by atoms with Crippen LogP contribution in [0, 0.1) is 5.92 Å². The lowest BCUT2D eigenvalue weighted by atomic mass is 9.93. The Kier molecular flexibility index (Phi) is 2.60. The monoisotopic (exact) mass is 217 g/mol. The molecule has 0 spiro atoms. The van der Waals surface area contributed by atoms with Crippen molar-refractivity contribution in [1.82, 2.24) is 0 Å². The van der Waals surface area contributed by atoms with E-state index >= 15 is 0 Å². The zero-order chi connectivity index (χ0) is 11.0. The van der Waals surface area contributed by atoms with E-state index in [0.717, 1.165) is 24.7 Å². The van der Waals surface area contributed by atoms with Crippen molar-refractivity contribution >= 4 is 0 Å². The summed E-state index contributed by atoms with van der Waals surface area (Å²) in [5.41, 5.74) is 7.52. The van der Waals surface area contributed by atoms with Gasteiger partial charge < -0.3 is 10.5 Å². The van der Waals surface area contributed by atoms with Crippen molar-refractivity contribution in [3.8, 4) is 5.75 Å². The highest BCUT2D eigenvalue weighted by atomic mass is 16.5. The third-order valence-electron chi connectivity index (χ3n) is 3.87. The Morgan fingerprint density at radius 2 is 2.12 bits per heavy atom. The largest absolute Gasteiger partial charge is 0.493 e. The SMILES string of the molecule is NC(CCC1COc2ccccc21)C1CC1. The van der Waals surface area contributed by atoms with E-state index in [0.29, 0.717) is 12.0 Å². The highest BCUT2D eigenvalue weighted by molar-refractivity contribution is 5.39. The van der Waals surface area contributed by atoms with Gasteiger partial charge in [-0.25, -0.2) is 0 Å². The van der Waals surface area contributed by atoms with E-state index in [1.54, 1.807) is 0 Å². The lowest BCUT2D eigenvalue weighted by Crippen LogP contribution is -2.23. The molecule has 0 radical (unpaired) electrons. The topological polar surface area (TPSA) is 35.2 Å². The fraction of sp³-hybridized carbons (Fsp3) is 0.571. The second kappa shape index (κ2) is 4.10. The predicted octanol–water partition coefficient (Wildman–Crippen LogP) is 2.68. The maximum absolute atomic E-state index is 6.14. The number of rotatable bonds is 4. The first-order valence-electron chi connectivity index (χ1n) is 6.32. The maximum Gasteiger partial charge on any atom is 0.122 e. The Balaban J connectivity index is 1.60. The van der Waals surface area contributed by atoms with Crippen LogP contribution in [0.3, 0.4) is 0 Å². The molecule has 1 aliphatic heterocycles. The third-order valence-corrected chi connectivity index (χ3v) is 3.87. The first-order chi connectivity index (χ1) is 7.84. The standard InChI is InChI=1S/C14H19NO/c15-13(10-5-6-10)8-7-11-9-16-14-4-2-1-3-12(11)14/h1-4,10-11,13H,5-9,15H2. The van der Waals surface area contributed by atoms with E-state index in [1.165, 1.54) is 24.8 Å².